The molecule has 1 atom stereocenters. The second kappa shape index (κ2) is 6.22. The number of rotatable bonds is 2. The van der Waals surface area contributed by atoms with Crippen molar-refractivity contribution in [2.24, 2.45) is 20.8 Å². The van der Waals surface area contributed by atoms with Crippen molar-refractivity contribution in [3.05, 3.63) is 35.2 Å². The third-order valence-corrected chi connectivity index (χ3v) is 4.49. The van der Waals surface area contributed by atoms with Gasteiger partial charge in [0.1, 0.15) is 11.3 Å². The van der Waals surface area contributed by atoms with Crippen LogP contribution in [0, 0.1) is 6.57 Å². The summed E-state index contributed by atoms with van der Waals surface area (Å²) < 4.78 is 78.7. The Labute approximate surface area is 154 Å². The third-order valence-electron chi connectivity index (χ3n) is 4.49. The number of amidine groups is 1. The summed E-state index contributed by atoms with van der Waals surface area (Å²) in [7, 11) is 0. The summed E-state index contributed by atoms with van der Waals surface area (Å²) in [4.78, 5) is 10.8. The molecule has 0 bridgehead atoms. The highest BCUT2D eigenvalue weighted by atomic mass is 19.4. The normalized spacial score (nSPS) is 23.5. The SMILES string of the molecule is [C-]#[N+]c1ccc(N=C2N=C(N)N3N=C(C(F)(F)F)CC23CC)cc1C(F)(F)F. The zero-order valence-electron chi connectivity index (χ0n) is 14.2. The molecule has 0 aromatic heterocycles. The lowest BCUT2D eigenvalue weighted by Crippen LogP contribution is -2.47. The first-order valence-corrected chi connectivity index (χ1v) is 7.89. The monoisotopic (exact) mass is 402 g/mol. The highest BCUT2D eigenvalue weighted by molar-refractivity contribution is 6.13. The van der Waals surface area contributed by atoms with Crippen LogP contribution in [0.1, 0.15) is 25.3 Å². The van der Waals surface area contributed by atoms with Gasteiger partial charge < -0.3 is 5.73 Å². The van der Waals surface area contributed by atoms with Crippen LogP contribution in [0.15, 0.2) is 33.3 Å². The van der Waals surface area contributed by atoms with Crippen molar-refractivity contribution in [1.82, 2.24) is 5.01 Å². The number of hydrogen-bond donors (Lipinski definition) is 1. The Hall–Kier alpha value is -3.10. The Bertz CT molecular complexity index is 952. The van der Waals surface area contributed by atoms with E-state index in [0.717, 1.165) is 17.1 Å². The van der Waals surface area contributed by atoms with Crippen molar-refractivity contribution in [2.45, 2.75) is 37.7 Å². The first kappa shape index (κ1) is 19.7. The average Bonchev–Trinajstić information content (AvgIpc) is 3.11. The molecule has 1 unspecified atom stereocenters. The quantitative estimate of drug-likeness (QED) is 0.589. The fourth-order valence-corrected chi connectivity index (χ4v) is 3.07. The predicted molar refractivity (Wildman–Crippen MR) is 89.4 cm³/mol. The largest absolute Gasteiger partial charge is 0.431 e. The summed E-state index contributed by atoms with van der Waals surface area (Å²) in [6, 6.07) is 2.76. The Morgan fingerprint density at radius 1 is 1.25 bits per heavy atom. The Morgan fingerprint density at radius 3 is 2.46 bits per heavy atom. The van der Waals surface area contributed by atoms with Gasteiger partial charge in [-0.3, -0.25) is 0 Å². The first-order chi connectivity index (χ1) is 12.9. The molecule has 0 aliphatic carbocycles. The van der Waals surface area contributed by atoms with E-state index in [4.69, 9.17) is 12.3 Å². The van der Waals surface area contributed by atoms with Gasteiger partial charge in [-0.05, 0) is 18.6 Å². The molecule has 2 N–H and O–H groups in total. The van der Waals surface area contributed by atoms with Gasteiger partial charge in [0.25, 0.3) is 0 Å². The molecule has 1 aromatic carbocycles. The maximum atomic E-state index is 13.1. The van der Waals surface area contributed by atoms with Crippen LogP contribution in [0.4, 0.5) is 37.7 Å². The van der Waals surface area contributed by atoms with Gasteiger partial charge in [0.15, 0.2) is 11.5 Å². The zero-order chi connectivity index (χ0) is 20.9. The lowest BCUT2D eigenvalue weighted by atomic mass is 9.89. The van der Waals surface area contributed by atoms with Crippen molar-refractivity contribution in [2.75, 3.05) is 0 Å². The molecule has 1 aromatic rings. The van der Waals surface area contributed by atoms with Gasteiger partial charge in [-0.1, -0.05) is 13.0 Å². The molecule has 28 heavy (non-hydrogen) atoms. The second-order valence-electron chi connectivity index (χ2n) is 6.13. The van der Waals surface area contributed by atoms with E-state index in [0.29, 0.717) is 6.07 Å². The van der Waals surface area contributed by atoms with Gasteiger partial charge in [0.05, 0.1) is 17.8 Å². The summed E-state index contributed by atoms with van der Waals surface area (Å²) >= 11 is 0. The summed E-state index contributed by atoms with van der Waals surface area (Å²) in [6.07, 6.45) is -9.96. The number of fused-ring (bicyclic) bond motifs is 1. The molecular formula is C16H12F6N6. The topological polar surface area (TPSA) is 70.7 Å². The molecule has 12 heteroatoms. The lowest BCUT2D eigenvalue weighted by molar-refractivity contribution is -0.136. The van der Waals surface area contributed by atoms with Gasteiger partial charge in [0, 0.05) is 6.42 Å². The molecule has 2 aliphatic heterocycles. The van der Waals surface area contributed by atoms with Crippen LogP contribution < -0.4 is 5.73 Å². The van der Waals surface area contributed by atoms with Crippen LogP contribution in [0.25, 0.3) is 4.85 Å². The van der Waals surface area contributed by atoms with Crippen molar-refractivity contribution in [3.8, 4) is 0 Å². The van der Waals surface area contributed by atoms with Crippen LogP contribution in [0.3, 0.4) is 0 Å². The van der Waals surface area contributed by atoms with E-state index in [-0.39, 0.29) is 23.9 Å². The number of hydrogen-bond acceptors (Lipinski definition) is 4. The van der Waals surface area contributed by atoms with E-state index in [1.807, 2.05) is 0 Å². The number of hydrazone groups is 1. The minimum Gasteiger partial charge on any atom is -0.368 e. The van der Waals surface area contributed by atoms with Crippen LogP contribution in [0.2, 0.25) is 0 Å². The van der Waals surface area contributed by atoms with Gasteiger partial charge in [-0.25, -0.2) is 14.8 Å². The third kappa shape index (κ3) is 3.06. The molecule has 148 valence electrons. The molecule has 0 spiro atoms. The highest BCUT2D eigenvalue weighted by Gasteiger charge is 2.56. The molecule has 2 heterocycles. The van der Waals surface area contributed by atoms with Crippen LogP contribution in [0.5, 0.6) is 0 Å². The van der Waals surface area contributed by atoms with Crippen LogP contribution in [-0.2, 0) is 6.18 Å². The van der Waals surface area contributed by atoms with Gasteiger partial charge >= 0.3 is 12.4 Å². The number of halogens is 6. The van der Waals surface area contributed by atoms with E-state index < -0.39 is 41.3 Å². The molecule has 0 saturated carbocycles. The Balaban J connectivity index is 2.08. The molecule has 0 fully saturated rings. The molecule has 0 radical (unpaired) electrons. The number of alkyl halides is 6. The van der Waals surface area contributed by atoms with Gasteiger partial charge in [0.2, 0.25) is 5.96 Å². The van der Waals surface area contributed by atoms with Crippen molar-refractivity contribution in [1.29, 1.82) is 0 Å². The summed E-state index contributed by atoms with van der Waals surface area (Å²) in [5.74, 6) is -0.493. The van der Waals surface area contributed by atoms with Gasteiger partial charge in [-0.2, -0.15) is 36.4 Å². The fraction of sp³-hybridized carbons (Fsp3) is 0.375. The van der Waals surface area contributed by atoms with Crippen LogP contribution >= 0.6 is 0 Å². The van der Waals surface area contributed by atoms with Crippen molar-refractivity contribution >= 4 is 28.9 Å². The van der Waals surface area contributed by atoms with Crippen LogP contribution in [-0.4, -0.2) is 34.2 Å². The minimum absolute atomic E-state index is 0.0887. The predicted octanol–water partition coefficient (Wildman–Crippen LogP) is 4.39. The Morgan fingerprint density at radius 2 is 1.93 bits per heavy atom. The molecular weight excluding hydrogens is 390 g/mol. The smallest absolute Gasteiger partial charge is 0.368 e. The van der Waals surface area contributed by atoms with E-state index in [2.05, 4.69) is 19.9 Å². The summed E-state index contributed by atoms with van der Waals surface area (Å²) in [5.41, 5.74) is 1.17. The fourth-order valence-electron chi connectivity index (χ4n) is 3.07. The first-order valence-electron chi connectivity index (χ1n) is 7.89. The molecule has 0 amide bonds. The second-order valence-corrected chi connectivity index (χ2v) is 6.13. The lowest BCUT2D eigenvalue weighted by Gasteiger charge is -2.29. The van der Waals surface area contributed by atoms with Gasteiger partial charge in [-0.15, -0.1) is 0 Å². The maximum Gasteiger partial charge on any atom is 0.431 e. The zero-order valence-corrected chi connectivity index (χ0v) is 14.2. The standard InChI is InChI=1S/C16H12F6N6/c1-3-14-7-11(16(20,21)22)27-28(14)13(23)26-12(14)25-8-4-5-10(24-2)9(6-8)15(17,18)19/h4-6H,3,7H2,1H3,(H2,23,25,26). The van der Waals surface area contributed by atoms with Crippen molar-refractivity contribution < 1.29 is 26.3 Å². The van der Waals surface area contributed by atoms with E-state index in [1.54, 1.807) is 6.92 Å². The number of aliphatic imine (C=N–C) groups is 2. The number of benzene rings is 1. The summed E-state index contributed by atoms with van der Waals surface area (Å²) in [5, 5.41) is 4.40. The minimum atomic E-state index is -4.79. The molecule has 2 aliphatic rings. The average molecular weight is 402 g/mol. The van der Waals surface area contributed by atoms with Crippen molar-refractivity contribution in [3.63, 3.8) is 0 Å². The van der Waals surface area contributed by atoms with E-state index >= 15 is 0 Å². The van der Waals surface area contributed by atoms with E-state index in [9.17, 15) is 26.3 Å². The number of nitrogens with two attached hydrogens (primary N) is 1. The number of guanidine groups is 1. The number of nitrogens with zero attached hydrogens (tertiary/aromatic N) is 5. The molecule has 3 rings (SSSR count). The Kier molecular flexibility index (Phi) is 4.36. The molecule has 6 nitrogen and oxygen atoms in total. The highest BCUT2D eigenvalue weighted by Crippen LogP contribution is 2.43. The van der Waals surface area contributed by atoms with E-state index in [1.165, 1.54) is 0 Å². The summed E-state index contributed by atoms with van der Waals surface area (Å²) in [6.45, 7) is 8.42. The molecule has 0 saturated heterocycles. The maximum absolute atomic E-state index is 13.1.